The molecule has 0 saturated carbocycles. The van der Waals surface area contributed by atoms with Crippen molar-refractivity contribution >= 4 is 97.7 Å². The van der Waals surface area contributed by atoms with Crippen LogP contribution in [0, 0.1) is 0 Å². The van der Waals surface area contributed by atoms with Crippen LogP contribution in [-0.4, -0.2) is 19.1 Å². The summed E-state index contributed by atoms with van der Waals surface area (Å²) in [7, 11) is 0. The molecule has 11 aromatic carbocycles. The summed E-state index contributed by atoms with van der Waals surface area (Å²) in [6.07, 6.45) is 0. The highest BCUT2D eigenvalue weighted by atomic mass is 15.0. The number of fused-ring (bicyclic) bond motifs is 12. The zero-order valence-corrected chi connectivity index (χ0v) is 34.6. The summed E-state index contributed by atoms with van der Waals surface area (Å²) in [5, 5.41) is 14.3. The number of hydrogen-bond donors (Lipinski definition) is 0. The lowest BCUT2D eigenvalue weighted by Gasteiger charge is -2.18. The van der Waals surface area contributed by atoms with Gasteiger partial charge in [0.15, 0.2) is 0 Å². The molecule has 0 fully saturated rings. The molecule has 0 aliphatic carbocycles. The molecule has 0 N–H and O–H groups in total. The zero-order chi connectivity index (χ0) is 41.9. The van der Waals surface area contributed by atoms with Gasteiger partial charge in [0, 0.05) is 44.0 Å². The van der Waals surface area contributed by atoms with Crippen molar-refractivity contribution in [1.82, 2.24) is 19.1 Å². The second kappa shape index (κ2) is 13.4. The van der Waals surface area contributed by atoms with E-state index in [0.29, 0.717) is 0 Å². The zero-order valence-electron chi connectivity index (χ0n) is 34.6. The molecule has 0 aliphatic rings. The Balaban J connectivity index is 1.10. The van der Waals surface area contributed by atoms with Crippen LogP contribution in [0.2, 0.25) is 0 Å². The first-order chi connectivity index (χ1) is 31.7. The van der Waals surface area contributed by atoms with Crippen LogP contribution < -0.4 is 0 Å². The molecule has 0 bridgehead atoms. The minimum absolute atomic E-state index is 0.856. The molecule has 3 heterocycles. The van der Waals surface area contributed by atoms with Crippen LogP contribution in [0.4, 0.5) is 0 Å². The molecule has 14 rings (SSSR count). The van der Waals surface area contributed by atoms with Crippen molar-refractivity contribution in [3.63, 3.8) is 0 Å². The third-order valence-corrected chi connectivity index (χ3v) is 13.4. The number of para-hydroxylation sites is 4. The molecular formula is C60H36N4. The molecule has 0 spiro atoms. The maximum atomic E-state index is 5.58. The standard InChI is InChI=1S/C60H36N4/c1-2-16-38-34-57-50(32-37(38)15-1)49-30-29-41(63-55-27-13-9-23-47(55)48-24-10-14-28-56(48)63)36-58(49)64(57)42-31-39-17-3-6-20-44(39)52(35-42)60-59(61-53-25-11-12-26-54(53)62-60)51-33-40-18-4-5-19-43(40)45-21-7-8-22-46(45)51/h1-36H. The van der Waals surface area contributed by atoms with Crippen LogP contribution in [-0.2, 0) is 0 Å². The monoisotopic (exact) mass is 812 g/mol. The van der Waals surface area contributed by atoms with Gasteiger partial charge in [-0.05, 0) is 110 Å². The normalized spacial score (nSPS) is 12.1. The highest BCUT2D eigenvalue weighted by Crippen LogP contribution is 2.44. The molecule has 0 atom stereocenters. The molecule has 64 heavy (non-hydrogen) atoms. The van der Waals surface area contributed by atoms with E-state index >= 15 is 0 Å². The fourth-order valence-electron chi connectivity index (χ4n) is 10.6. The van der Waals surface area contributed by atoms with E-state index in [1.165, 1.54) is 59.5 Å². The predicted molar refractivity (Wildman–Crippen MR) is 269 cm³/mol. The van der Waals surface area contributed by atoms with Gasteiger partial charge < -0.3 is 9.13 Å². The lowest BCUT2D eigenvalue weighted by atomic mass is 9.92. The van der Waals surface area contributed by atoms with Crippen molar-refractivity contribution in [3.05, 3.63) is 218 Å². The van der Waals surface area contributed by atoms with E-state index in [0.717, 1.165) is 72.1 Å². The van der Waals surface area contributed by atoms with Gasteiger partial charge in [-0.15, -0.1) is 0 Å². The first kappa shape index (κ1) is 35.0. The second-order valence-corrected chi connectivity index (χ2v) is 16.9. The SMILES string of the molecule is c1ccc2cc3c(cc2c1)c1ccc(-n2c4ccccc4c4ccccc42)cc1n3-c1cc(-c2nc3ccccc3nc2-c2cc3ccccc3c3ccccc23)c2ccccc2c1. The fourth-order valence-corrected chi connectivity index (χ4v) is 10.6. The van der Waals surface area contributed by atoms with Gasteiger partial charge >= 0.3 is 0 Å². The molecule has 0 amide bonds. The Kier molecular flexibility index (Phi) is 7.36. The topological polar surface area (TPSA) is 35.6 Å². The largest absolute Gasteiger partial charge is 0.309 e. The number of nitrogens with zero attached hydrogens (tertiary/aromatic N) is 4. The van der Waals surface area contributed by atoms with E-state index in [1.807, 2.05) is 0 Å². The molecule has 3 aromatic heterocycles. The van der Waals surface area contributed by atoms with E-state index in [9.17, 15) is 0 Å². The van der Waals surface area contributed by atoms with Crippen molar-refractivity contribution in [2.45, 2.75) is 0 Å². The van der Waals surface area contributed by atoms with Gasteiger partial charge in [0.25, 0.3) is 0 Å². The van der Waals surface area contributed by atoms with E-state index in [-0.39, 0.29) is 0 Å². The van der Waals surface area contributed by atoms with Crippen LogP contribution in [0.5, 0.6) is 0 Å². The molecule has 0 radical (unpaired) electrons. The maximum Gasteiger partial charge on any atom is 0.0980 e. The third-order valence-electron chi connectivity index (χ3n) is 13.4. The second-order valence-electron chi connectivity index (χ2n) is 16.9. The predicted octanol–water partition coefficient (Wildman–Crippen LogP) is 15.8. The molecule has 0 aliphatic heterocycles. The molecule has 0 saturated heterocycles. The van der Waals surface area contributed by atoms with Gasteiger partial charge in [0.2, 0.25) is 0 Å². The maximum absolute atomic E-state index is 5.58. The van der Waals surface area contributed by atoms with Crippen LogP contribution >= 0.6 is 0 Å². The van der Waals surface area contributed by atoms with E-state index in [2.05, 4.69) is 228 Å². The summed E-state index contributed by atoms with van der Waals surface area (Å²) in [4.78, 5) is 11.1. The van der Waals surface area contributed by atoms with Gasteiger partial charge in [0.1, 0.15) is 0 Å². The Morgan fingerprint density at radius 1 is 0.250 bits per heavy atom. The van der Waals surface area contributed by atoms with E-state index in [1.54, 1.807) is 0 Å². The highest BCUT2D eigenvalue weighted by molar-refractivity contribution is 6.17. The number of aromatic nitrogens is 4. The van der Waals surface area contributed by atoms with Crippen LogP contribution in [0.3, 0.4) is 0 Å². The molecule has 4 nitrogen and oxygen atoms in total. The minimum Gasteiger partial charge on any atom is -0.309 e. The van der Waals surface area contributed by atoms with Crippen molar-refractivity contribution in [3.8, 4) is 33.9 Å². The lowest BCUT2D eigenvalue weighted by Crippen LogP contribution is -2.00. The Morgan fingerprint density at radius 3 is 1.41 bits per heavy atom. The third kappa shape index (κ3) is 5.11. The van der Waals surface area contributed by atoms with Gasteiger partial charge in [-0.2, -0.15) is 0 Å². The lowest BCUT2D eigenvalue weighted by molar-refractivity contribution is 1.16. The molecule has 0 unspecified atom stereocenters. The van der Waals surface area contributed by atoms with Crippen molar-refractivity contribution < 1.29 is 0 Å². The summed E-state index contributed by atoms with van der Waals surface area (Å²) in [5.74, 6) is 0. The molecule has 4 heteroatoms. The Bertz CT molecular complexity index is 4210. The summed E-state index contributed by atoms with van der Waals surface area (Å²) in [5.41, 5.74) is 12.4. The Hall–Kier alpha value is -8.60. The highest BCUT2D eigenvalue weighted by Gasteiger charge is 2.22. The summed E-state index contributed by atoms with van der Waals surface area (Å²) >= 11 is 0. The van der Waals surface area contributed by atoms with Gasteiger partial charge in [0.05, 0.1) is 44.5 Å². The van der Waals surface area contributed by atoms with Crippen molar-refractivity contribution in [2.24, 2.45) is 0 Å². The summed E-state index contributed by atoms with van der Waals surface area (Å²) in [6.45, 7) is 0. The summed E-state index contributed by atoms with van der Waals surface area (Å²) in [6, 6.07) is 79.3. The van der Waals surface area contributed by atoms with Crippen LogP contribution in [0.1, 0.15) is 0 Å². The fraction of sp³-hybridized carbons (Fsp3) is 0. The molecular weight excluding hydrogens is 777 g/mol. The van der Waals surface area contributed by atoms with Crippen LogP contribution in [0.15, 0.2) is 218 Å². The smallest absolute Gasteiger partial charge is 0.0980 e. The Morgan fingerprint density at radius 2 is 0.719 bits per heavy atom. The molecule has 14 aromatic rings. The number of benzene rings is 11. The van der Waals surface area contributed by atoms with E-state index < -0.39 is 0 Å². The van der Waals surface area contributed by atoms with E-state index in [4.69, 9.17) is 9.97 Å². The number of hydrogen-bond acceptors (Lipinski definition) is 2. The van der Waals surface area contributed by atoms with Crippen LogP contribution in [0.25, 0.3) is 132 Å². The number of rotatable bonds is 4. The first-order valence-corrected chi connectivity index (χ1v) is 21.9. The Labute approximate surface area is 367 Å². The van der Waals surface area contributed by atoms with Crippen molar-refractivity contribution in [2.75, 3.05) is 0 Å². The minimum atomic E-state index is 0.856. The average molecular weight is 813 g/mol. The van der Waals surface area contributed by atoms with Gasteiger partial charge in [-0.3, -0.25) is 0 Å². The summed E-state index contributed by atoms with van der Waals surface area (Å²) < 4.78 is 4.89. The average Bonchev–Trinajstić information content (AvgIpc) is 3.86. The first-order valence-electron chi connectivity index (χ1n) is 21.9. The van der Waals surface area contributed by atoms with Gasteiger partial charge in [-0.1, -0.05) is 152 Å². The van der Waals surface area contributed by atoms with Gasteiger partial charge in [-0.25, -0.2) is 9.97 Å². The molecule has 296 valence electrons. The quantitative estimate of drug-likeness (QED) is 0.166. The van der Waals surface area contributed by atoms with Crippen molar-refractivity contribution in [1.29, 1.82) is 0 Å².